The minimum absolute atomic E-state index is 0.644. The second-order valence-corrected chi connectivity index (χ2v) is 4.48. The van der Waals surface area contributed by atoms with Gasteiger partial charge in [-0.3, -0.25) is 0 Å². The number of benzene rings is 1. The molecule has 1 aromatic heterocycles. The summed E-state index contributed by atoms with van der Waals surface area (Å²) in [5.41, 5.74) is -0.449. The first kappa shape index (κ1) is 10.2. The number of rotatable bonds is 0. The van der Waals surface area contributed by atoms with Crippen LogP contribution >= 0.6 is 0 Å². The predicted octanol–water partition coefficient (Wildman–Crippen LogP) is 1.49. The zero-order chi connectivity index (χ0) is 12.0. The third-order valence-electron chi connectivity index (χ3n) is 3.16. The van der Waals surface area contributed by atoms with E-state index in [-0.39, 0.29) is 0 Å². The van der Waals surface area contributed by atoms with Gasteiger partial charge in [0.15, 0.2) is 0 Å². The molecule has 0 saturated heterocycles. The van der Waals surface area contributed by atoms with Crippen molar-refractivity contribution < 1.29 is 9.78 Å². The molecule has 0 aliphatic carbocycles. The average Bonchev–Trinajstić information content (AvgIpc) is 2.31. The van der Waals surface area contributed by atoms with Gasteiger partial charge in [-0.2, -0.15) is 0 Å². The molecule has 3 rings (SSSR count). The smallest absolute Gasteiger partial charge is 0.310 e. The molecule has 2 N–H and O–H groups in total. The first-order valence-electron chi connectivity index (χ1n) is 5.58. The van der Waals surface area contributed by atoms with Crippen LogP contribution in [0.2, 0.25) is 0 Å². The molecule has 4 nitrogen and oxygen atoms in total. The van der Waals surface area contributed by atoms with Crippen LogP contribution in [-0.2, 0) is 0 Å². The third-order valence-corrected chi connectivity index (χ3v) is 3.16. The molecule has 1 aliphatic rings. The van der Waals surface area contributed by atoms with Crippen LogP contribution in [0.25, 0.3) is 10.8 Å². The fourth-order valence-electron chi connectivity index (χ4n) is 1.99. The zero-order valence-electron chi connectivity index (χ0n) is 9.81. The molecule has 1 aromatic carbocycles. The molecule has 0 spiro atoms. The van der Waals surface area contributed by atoms with E-state index in [1.54, 1.807) is 18.5 Å². The van der Waals surface area contributed by atoms with Gasteiger partial charge in [0.05, 0.1) is 5.39 Å². The van der Waals surface area contributed by atoms with Crippen molar-refractivity contribution in [3.05, 3.63) is 36.5 Å². The fourth-order valence-corrected chi connectivity index (χ4v) is 1.99. The molecule has 0 bridgehead atoms. The second kappa shape index (κ2) is 3.28. The van der Waals surface area contributed by atoms with Crippen molar-refractivity contribution in [3.63, 3.8) is 0 Å². The first-order chi connectivity index (χ1) is 8.08. The Morgan fingerprint density at radius 3 is 2.88 bits per heavy atom. The third kappa shape index (κ3) is 1.49. The highest BCUT2D eigenvalue weighted by Crippen LogP contribution is 2.24. The SMILES string of the molecule is CC1=N[n+]2ccc3ccccc3c2NC1(C)O. The van der Waals surface area contributed by atoms with Crippen molar-refractivity contribution in [3.8, 4) is 0 Å². The average molecular weight is 228 g/mol. The van der Waals surface area contributed by atoms with E-state index in [0.717, 1.165) is 16.6 Å². The predicted molar refractivity (Wildman–Crippen MR) is 66.9 cm³/mol. The van der Waals surface area contributed by atoms with Crippen molar-refractivity contribution in [2.24, 2.45) is 5.10 Å². The minimum atomic E-state index is -1.09. The summed E-state index contributed by atoms with van der Waals surface area (Å²) >= 11 is 0. The summed E-state index contributed by atoms with van der Waals surface area (Å²) in [5, 5.41) is 19.8. The summed E-state index contributed by atoms with van der Waals surface area (Å²) in [6, 6.07) is 10.0. The van der Waals surface area contributed by atoms with E-state index < -0.39 is 5.72 Å². The number of hydrogen-bond acceptors (Lipinski definition) is 3. The van der Waals surface area contributed by atoms with Crippen molar-refractivity contribution in [2.75, 3.05) is 5.32 Å². The summed E-state index contributed by atoms with van der Waals surface area (Å²) < 4.78 is 1.76. The van der Waals surface area contributed by atoms with Gasteiger partial charge in [0, 0.05) is 6.92 Å². The maximum atomic E-state index is 10.2. The molecule has 1 unspecified atom stereocenters. The Kier molecular flexibility index (Phi) is 1.97. The number of aromatic nitrogens is 1. The van der Waals surface area contributed by atoms with Crippen molar-refractivity contribution in [1.29, 1.82) is 0 Å². The summed E-state index contributed by atoms with van der Waals surface area (Å²) in [6.07, 6.45) is 1.89. The van der Waals surface area contributed by atoms with Crippen LogP contribution in [-0.4, -0.2) is 16.5 Å². The monoisotopic (exact) mass is 228 g/mol. The summed E-state index contributed by atoms with van der Waals surface area (Å²) in [5.74, 6) is 0.818. The molecular formula is C13H14N3O+. The number of nitrogens with zero attached hydrogens (tertiary/aromatic N) is 2. The Morgan fingerprint density at radius 2 is 2.06 bits per heavy atom. The molecule has 17 heavy (non-hydrogen) atoms. The van der Waals surface area contributed by atoms with Crippen LogP contribution in [0.15, 0.2) is 41.6 Å². The minimum Gasteiger partial charge on any atom is -0.349 e. The van der Waals surface area contributed by atoms with Gasteiger partial charge in [0.25, 0.3) is 0 Å². The molecule has 4 heteroatoms. The second-order valence-electron chi connectivity index (χ2n) is 4.48. The Labute approximate surface area is 99.2 Å². The van der Waals surface area contributed by atoms with E-state index in [4.69, 9.17) is 0 Å². The van der Waals surface area contributed by atoms with Crippen LogP contribution < -0.4 is 9.99 Å². The highest BCUT2D eigenvalue weighted by atomic mass is 16.3. The lowest BCUT2D eigenvalue weighted by Crippen LogP contribution is -2.52. The van der Waals surface area contributed by atoms with Gasteiger partial charge < -0.3 is 5.11 Å². The van der Waals surface area contributed by atoms with Crippen molar-refractivity contribution in [2.45, 2.75) is 19.6 Å². The Hall–Kier alpha value is -1.94. The van der Waals surface area contributed by atoms with Gasteiger partial charge in [-0.1, -0.05) is 23.3 Å². The lowest BCUT2D eigenvalue weighted by Gasteiger charge is -2.24. The zero-order valence-corrected chi connectivity index (χ0v) is 9.81. The number of fused-ring (bicyclic) bond motifs is 3. The number of anilines is 1. The molecule has 0 radical (unpaired) electrons. The van der Waals surface area contributed by atoms with Crippen LogP contribution in [0.1, 0.15) is 13.8 Å². The summed E-state index contributed by atoms with van der Waals surface area (Å²) in [7, 11) is 0. The van der Waals surface area contributed by atoms with E-state index in [1.807, 2.05) is 36.5 Å². The van der Waals surface area contributed by atoms with Gasteiger partial charge in [-0.05, 0) is 24.4 Å². The number of nitrogens with one attached hydrogen (secondary N) is 1. The van der Waals surface area contributed by atoms with Gasteiger partial charge >= 0.3 is 5.82 Å². The first-order valence-corrected chi connectivity index (χ1v) is 5.58. The molecule has 86 valence electrons. The molecule has 2 heterocycles. The van der Waals surface area contributed by atoms with Crippen LogP contribution in [0.3, 0.4) is 0 Å². The fraction of sp³-hybridized carbons (Fsp3) is 0.231. The highest BCUT2D eigenvalue weighted by Gasteiger charge is 2.37. The Morgan fingerprint density at radius 1 is 1.29 bits per heavy atom. The van der Waals surface area contributed by atoms with Gasteiger partial charge in [0.1, 0.15) is 11.9 Å². The van der Waals surface area contributed by atoms with Crippen LogP contribution in [0.4, 0.5) is 5.82 Å². The Balaban J connectivity index is 2.33. The maximum absolute atomic E-state index is 10.2. The molecule has 0 saturated carbocycles. The van der Waals surface area contributed by atoms with E-state index in [2.05, 4.69) is 10.4 Å². The number of aliphatic hydroxyl groups is 1. The largest absolute Gasteiger partial charge is 0.349 e. The van der Waals surface area contributed by atoms with Gasteiger partial charge in [0.2, 0.25) is 5.72 Å². The number of pyridine rings is 1. The van der Waals surface area contributed by atoms with Crippen molar-refractivity contribution in [1.82, 2.24) is 0 Å². The molecule has 0 fully saturated rings. The van der Waals surface area contributed by atoms with Crippen LogP contribution in [0, 0.1) is 0 Å². The summed E-state index contributed by atoms with van der Waals surface area (Å²) in [6.45, 7) is 3.51. The molecule has 1 atom stereocenters. The quantitative estimate of drug-likeness (QED) is 0.671. The topological polar surface area (TPSA) is 48.5 Å². The molecule has 1 aliphatic heterocycles. The Bertz CT molecular complexity index is 632. The lowest BCUT2D eigenvalue weighted by molar-refractivity contribution is -0.666. The van der Waals surface area contributed by atoms with E-state index >= 15 is 0 Å². The molecule has 0 amide bonds. The highest BCUT2D eigenvalue weighted by molar-refractivity contribution is 5.96. The van der Waals surface area contributed by atoms with E-state index in [0.29, 0.717) is 5.71 Å². The van der Waals surface area contributed by atoms with E-state index in [9.17, 15) is 5.11 Å². The molecular weight excluding hydrogens is 214 g/mol. The van der Waals surface area contributed by atoms with E-state index in [1.165, 1.54) is 0 Å². The maximum Gasteiger partial charge on any atom is 0.310 e. The normalized spacial score (nSPS) is 22.9. The van der Waals surface area contributed by atoms with Crippen LogP contribution in [0.5, 0.6) is 0 Å². The standard InChI is InChI=1S/C13H13N3O/c1-9-13(2,17)14-12-11-6-4-3-5-10(11)7-8-16(12)15-9/h3-8,17H,1-2H3/p+1. The van der Waals surface area contributed by atoms with Gasteiger partial charge in [-0.25, -0.2) is 5.32 Å². The number of hydrogen-bond donors (Lipinski definition) is 2. The van der Waals surface area contributed by atoms with Gasteiger partial charge in [-0.15, -0.1) is 4.68 Å². The molecule has 2 aromatic rings. The summed E-state index contributed by atoms with van der Waals surface area (Å²) in [4.78, 5) is 0. The lowest BCUT2D eigenvalue weighted by atomic mass is 10.1. The van der Waals surface area contributed by atoms with Crippen molar-refractivity contribution >= 4 is 22.3 Å².